The van der Waals surface area contributed by atoms with Gasteiger partial charge in [0.25, 0.3) is 0 Å². The molecular formula is C10H20N4O. The fourth-order valence-electron chi connectivity index (χ4n) is 1.38. The van der Waals surface area contributed by atoms with Crippen LogP contribution in [0.4, 0.5) is 0 Å². The summed E-state index contributed by atoms with van der Waals surface area (Å²) in [5.41, 5.74) is 6.25. The van der Waals surface area contributed by atoms with E-state index in [-0.39, 0.29) is 0 Å². The van der Waals surface area contributed by atoms with Gasteiger partial charge in [-0.1, -0.05) is 18.6 Å². The highest BCUT2D eigenvalue weighted by Crippen LogP contribution is 2.00. The second-order valence-corrected chi connectivity index (χ2v) is 3.65. The van der Waals surface area contributed by atoms with E-state index in [9.17, 15) is 0 Å². The molecule has 0 fully saturated rings. The Morgan fingerprint density at radius 2 is 2.40 bits per heavy atom. The standard InChI is InChI=1S/C10H20N4O/c1-3-4-9(2)15-6-5-14-8-10(7-11)12-13-14/h8-9H,3-7,11H2,1-2H3. The maximum Gasteiger partial charge on any atom is 0.0962 e. The molecule has 5 heteroatoms. The van der Waals surface area contributed by atoms with E-state index in [4.69, 9.17) is 10.5 Å². The van der Waals surface area contributed by atoms with Gasteiger partial charge in [0.1, 0.15) is 0 Å². The van der Waals surface area contributed by atoms with Gasteiger partial charge in [0.05, 0.1) is 24.9 Å². The van der Waals surface area contributed by atoms with E-state index in [1.54, 1.807) is 4.68 Å². The summed E-state index contributed by atoms with van der Waals surface area (Å²) in [4.78, 5) is 0. The van der Waals surface area contributed by atoms with Crippen LogP contribution >= 0.6 is 0 Å². The van der Waals surface area contributed by atoms with Gasteiger partial charge < -0.3 is 10.5 Å². The second-order valence-electron chi connectivity index (χ2n) is 3.65. The van der Waals surface area contributed by atoms with Crippen molar-refractivity contribution in [1.29, 1.82) is 0 Å². The fraction of sp³-hybridized carbons (Fsp3) is 0.800. The maximum atomic E-state index is 5.61. The van der Waals surface area contributed by atoms with Crippen LogP contribution in [0.5, 0.6) is 0 Å². The van der Waals surface area contributed by atoms with Gasteiger partial charge >= 0.3 is 0 Å². The summed E-state index contributed by atoms with van der Waals surface area (Å²) in [7, 11) is 0. The Morgan fingerprint density at radius 3 is 3.00 bits per heavy atom. The third-order valence-electron chi connectivity index (χ3n) is 2.21. The molecule has 1 aromatic heterocycles. The van der Waals surface area contributed by atoms with Crippen molar-refractivity contribution in [3.63, 3.8) is 0 Å². The van der Waals surface area contributed by atoms with Gasteiger partial charge in [-0.2, -0.15) is 0 Å². The zero-order valence-electron chi connectivity index (χ0n) is 9.52. The number of ether oxygens (including phenoxy) is 1. The molecule has 1 aromatic rings. The van der Waals surface area contributed by atoms with Crippen molar-refractivity contribution in [3.05, 3.63) is 11.9 Å². The molecule has 1 atom stereocenters. The quantitative estimate of drug-likeness (QED) is 0.730. The minimum absolute atomic E-state index is 0.326. The van der Waals surface area contributed by atoms with Crippen LogP contribution in [0.2, 0.25) is 0 Å². The number of nitrogens with zero attached hydrogens (tertiary/aromatic N) is 3. The predicted octanol–water partition coefficient (Wildman–Crippen LogP) is 0.942. The molecule has 0 saturated carbocycles. The normalized spacial score (nSPS) is 13.0. The van der Waals surface area contributed by atoms with Crippen molar-refractivity contribution >= 4 is 0 Å². The van der Waals surface area contributed by atoms with E-state index in [1.807, 2.05) is 6.20 Å². The molecular weight excluding hydrogens is 192 g/mol. The number of hydrogen-bond acceptors (Lipinski definition) is 4. The highest BCUT2D eigenvalue weighted by atomic mass is 16.5. The zero-order chi connectivity index (χ0) is 11.1. The molecule has 0 radical (unpaired) electrons. The summed E-state index contributed by atoms with van der Waals surface area (Å²) >= 11 is 0. The van der Waals surface area contributed by atoms with Crippen molar-refractivity contribution in [2.75, 3.05) is 6.61 Å². The summed E-state index contributed by atoms with van der Waals surface area (Å²) < 4.78 is 7.37. The van der Waals surface area contributed by atoms with E-state index in [0.29, 0.717) is 19.3 Å². The molecule has 2 N–H and O–H groups in total. The minimum Gasteiger partial charge on any atom is -0.377 e. The Balaban J connectivity index is 2.19. The van der Waals surface area contributed by atoms with Crippen molar-refractivity contribution in [3.8, 4) is 0 Å². The monoisotopic (exact) mass is 212 g/mol. The van der Waals surface area contributed by atoms with Gasteiger partial charge in [-0.25, -0.2) is 4.68 Å². The first-order chi connectivity index (χ1) is 7.26. The number of nitrogens with two attached hydrogens (primary N) is 1. The molecule has 0 amide bonds. The molecule has 1 unspecified atom stereocenters. The van der Waals surface area contributed by atoms with Crippen molar-refractivity contribution in [2.24, 2.45) is 5.73 Å². The van der Waals surface area contributed by atoms with Crippen molar-refractivity contribution in [2.45, 2.75) is 45.9 Å². The maximum absolute atomic E-state index is 5.61. The van der Waals surface area contributed by atoms with Crippen LogP contribution in [0.25, 0.3) is 0 Å². The topological polar surface area (TPSA) is 66.0 Å². The molecule has 86 valence electrons. The molecule has 0 aromatic carbocycles. The van der Waals surface area contributed by atoms with E-state index >= 15 is 0 Å². The van der Waals surface area contributed by atoms with Gasteiger partial charge in [-0.05, 0) is 13.3 Å². The zero-order valence-corrected chi connectivity index (χ0v) is 9.52. The highest BCUT2D eigenvalue weighted by Gasteiger charge is 2.01. The average molecular weight is 212 g/mol. The van der Waals surface area contributed by atoms with E-state index in [1.165, 1.54) is 0 Å². The first-order valence-corrected chi connectivity index (χ1v) is 5.47. The predicted molar refractivity (Wildman–Crippen MR) is 58.2 cm³/mol. The lowest BCUT2D eigenvalue weighted by Crippen LogP contribution is -2.13. The van der Waals surface area contributed by atoms with Crippen LogP contribution in [-0.2, 0) is 17.8 Å². The number of aromatic nitrogens is 3. The van der Waals surface area contributed by atoms with Crippen LogP contribution in [-0.4, -0.2) is 27.7 Å². The Labute approximate surface area is 90.6 Å². The van der Waals surface area contributed by atoms with Gasteiger partial charge in [0.15, 0.2) is 0 Å². The Kier molecular flexibility index (Phi) is 5.28. The van der Waals surface area contributed by atoms with Crippen molar-refractivity contribution in [1.82, 2.24) is 15.0 Å². The second kappa shape index (κ2) is 6.53. The third-order valence-corrected chi connectivity index (χ3v) is 2.21. The highest BCUT2D eigenvalue weighted by molar-refractivity contribution is 4.90. The molecule has 0 spiro atoms. The molecule has 5 nitrogen and oxygen atoms in total. The van der Waals surface area contributed by atoms with Crippen LogP contribution in [0.3, 0.4) is 0 Å². The van der Waals surface area contributed by atoms with Crippen LogP contribution < -0.4 is 5.73 Å². The number of rotatable bonds is 7. The van der Waals surface area contributed by atoms with E-state index < -0.39 is 0 Å². The molecule has 15 heavy (non-hydrogen) atoms. The lowest BCUT2D eigenvalue weighted by Gasteiger charge is -2.11. The Bertz CT molecular complexity index is 274. The molecule has 1 heterocycles. The first-order valence-electron chi connectivity index (χ1n) is 5.47. The third kappa shape index (κ3) is 4.40. The molecule has 0 saturated heterocycles. The lowest BCUT2D eigenvalue weighted by atomic mass is 10.2. The van der Waals surface area contributed by atoms with Crippen LogP contribution in [0.15, 0.2) is 6.20 Å². The van der Waals surface area contributed by atoms with Crippen molar-refractivity contribution < 1.29 is 4.74 Å². The molecule has 0 aliphatic heterocycles. The summed E-state index contributed by atoms with van der Waals surface area (Å²) in [6.07, 6.45) is 4.44. The van der Waals surface area contributed by atoms with Gasteiger partial charge in [0, 0.05) is 12.7 Å². The molecule has 1 rings (SSSR count). The minimum atomic E-state index is 0.326. The van der Waals surface area contributed by atoms with Crippen LogP contribution in [0.1, 0.15) is 32.4 Å². The fourth-order valence-corrected chi connectivity index (χ4v) is 1.38. The lowest BCUT2D eigenvalue weighted by molar-refractivity contribution is 0.0526. The average Bonchev–Trinajstić information content (AvgIpc) is 2.66. The summed E-state index contributed by atoms with van der Waals surface area (Å²) in [5.74, 6) is 0. The van der Waals surface area contributed by atoms with E-state index in [2.05, 4.69) is 24.2 Å². The smallest absolute Gasteiger partial charge is 0.0962 e. The first kappa shape index (κ1) is 12.1. The molecule has 0 aliphatic carbocycles. The summed E-state index contributed by atoms with van der Waals surface area (Å²) in [6, 6.07) is 0. The molecule has 0 bridgehead atoms. The summed E-state index contributed by atoms with van der Waals surface area (Å²) in [6.45, 7) is 6.10. The number of hydrogen-bond donors (Lipinski definition) is 1. The van der Waals surface area contributed by atoms with Gasteiger partial charge in [-0.3, -0.25) is 0 Å². The van der Waals surface area contributed by atoms with Gasteiger partial charge in [0.2, 0.25) is 0 Å². The summed E-state index contributed by atoms with van der Waals surface area (Å²) in [5, 5.41) is 7.84. The van der Waals surface area contributed by atoms with Crippen LogP contribution in [0, 0.1) is 0 Å². The SMILES string of the molecule is CCCC(C)OCCn1cc(CN)nn1. The Hall–Kier alpha value is -0.940. The van der Waals surface area contributed by atoms with Gasteiger partial charge in [-0.15, -0.1) is 5.10 Å². The largest absolute Gasteiger partial charge is 0.377 e. The Morgan fingerprint density at radius 1 is 1.60 bits per heavy atom. The molecule has 0 aliphatic rings. The van der Waals surface area contributed by atoms with E-state index in [0.717, 1.165) is 25.1 Å².